The molecule has 1 saturated heterocycles. The van der Waals surface area contributed by atoms with Gasteiger partial charge in [0.05, 0.1) is 12.1 Å². The summed E-state index contributed by atoms with van der Waals surface area (Å²) in [6, 6.07) is -0.0152. The molecule has 0 radical (unpaired) electrons. The van der Waals surface area contributed by atoms with Crippen LogP contribution in [0.3, 0.4) is 0 Å². The molecule has 1 aromatic rings. The Morgan fingerprint density at radius 1 is 1.65 bits per heavy atom. The van der Waals surface area contributed by atoms with Crippen LogP contribution in [0.15, 0.2) is 0 Å². The lowest BCUT2D eigenvalue weighted by Gasteiger charge is -2.19. The summed E-state index contributed by atoms with van der Waals surface area (Å²) in [7, 11) is 0. The molecule has 1 aromatic heterocycles. The molecule has 0 aromatic carbocycles. The van der Waals surface area contributed by atoms with Crippen LogP contribution >= 0.6 is 11.3 Å². The lowest BCUT2D eigenvalue weighted by atomic mass is 10.1. The van der Waals surface area contributed by atoms with E-state index in [1.165, 1.54) is 11.3 Å². The SMILES string of the molecule is CCCNc1nc(N)c(C(=O)NC(C)C2CCCO2)s1. The monoisotopic (exact) mass is 298 g/mol. The number of nitrogens with zero attached hydrogens (tertiary/aromatic N) is 1. The Balaban J connectivity index is 1.95. The Hall–Kier alpha value is -1.34. The summed E-state index contributed by atoms with van der Waals surface area (Å²) in [5.74, 6) is 0.109. The summed E-state index contributed by atoms with van der Waals surface area (Å²) in [5.41, 5.74) is 5.81. The Labute approximate surface area is 123 Å². The zero-order valence-corrected chi connectivity index (χ0v) is 12.8. The normalized spacial score (nSPS) is 19.8. The molecule has 6 nitrogen and oxygen atoms in total. The number of ether oxygens (including phenoxy) is 1. The molecule has 20 heavy (non-hydrogen) atoms. The van der Waals surface area contributed by atoms with Crippen molar-refractivity contribution in [3.8, 4) is 0 Å². The third kappa shape index (κ3) is 3.61. The van der Waals surface area contributed by atoms with Crippen molar-refractivity contribution in [1.82, 2.24) is 10.3 Å². The minimum Gasteiger partial charge on any atom is -0.382 e. The van der Waals surface area contributed by atoms with Crippen molar-refractivity contribution in [2.45, 2.75) is 45.3 Å². The molecule has 0 saturated carbocycles. The Morgan fingerprint density at radius 3 is 3.10 bits per heavy atom. The van der Waals surface area contributed by atoms with E-state index in [-0.39, 0.29) is 23.9 Å². The van der Waals surface area contributed by atoms with E-state index in [0.717, 1.165) is 32.4 Å². The maximum Gasteiger partial charge on any atom is 0.265 e. The fourth-order valence-corrected chi connectivity index (χ4v) is 2.98. The highest BCUT2D eigenvalue weighted by Gasteiger charge is 2.25. The molecule has 1 fully saturated rings. The van der Waals surface area contributed by atoms with Gasteiger partial charge in [0.25, 0.3) is 5.91 Å². The first-order chi connectivity index (χ1) is 9.61. The van der Waals surface area contributed by atoms with Gasteiger partial charge in [0.15, 0.2) is 5.13 Å². The number of hydrogen-bond acceptors (Lipinski definition) is 6. The third-order valence-corrected chi connectivity index (χ3v) is 4.29. The summed E-state index contributed by atoms with van der Waals surface area (Å²) >= 11 is 1.29. The van der Waals surface area contributed by atoms with Gasteiger partial charge in [-0.1, -0.05) is 18.3 Å². The predicted molar refractivity (Wildman–Crippen MR) is 81.2 cm³/mol. The van der Waals surface area contributed by atoms with E-state index >= 15 is 0 Å². The summed E-state index contributed by atoms with van der Waals surface area (Å²) in [5, 5.41) is 6.78. The number of carbonyl (C=O) groups excluding carboxylic acids is 1. The topological polar surface area (TPSA) is 89.3 Å². The van der Waals surface area contributed by atoms with Crippen molar-refractivity contribution < 1.29 is 9.53 Å². The van der Waals surface area contributed by atoms with Gasteiger partial charge in [0.1, 0.15) is 10.7 Å². The first-order valence-corrected chi connectivity index (χ1v) is 7.86. The van der Waals surface area contributed by atoms with Crippen molar-refractivity contribution in [2.24, 2.45) is 0 Å². The number of nitrogens with two attached hydrogens (primary N) is 1. The third-order valence-electron chi connectivity index (χ3n) is 3.27. The van der Waals surface area contributed by atoms with Crippen LogP contribution in [0.2, 0.25) is 0 Å². The van der Waals surface area contributed by atoms with Crippen LogP contribution in [0.25, 0.3) is 0 Å². The highest BCUT2D eigenvalue weighted by atomic mass is 32.1. The molecule has 7 heteroatoms. The van der Waals surface area contributed by atoms with E-state index in [1.54, 1.807) is 0 Å². The average molecular weight is 298 g/mol. The fourth-order valence-electron chi connectivity index (χ4n) is 2.16. The van der Waals surface area contributed by atoms with Crippen LogP contribution < -0.4 is 16.4 Å². The molecule has 2 atom stereocenters. The summed E-state index contributed by atoms with van der Waals surface area (Å²) in [6.45, 7) is 5.63. The van der Waals surface area contributed by atoms with Crippen molar-refractivity contribution >= 4 is 28.2 Å². The van der Waals surface area contributed by atoms with Gasteiger partial charge < -0.3 is 21.1 Å². The van der Waals surface area contributed by atoms with Gasteiger partial charge in [-0.15, -0.1) is 0 Å². The maximum absolute atomic E-state index is 12.2. The number of thiazole rings is 1. The van der Waals surface area contributed by atoms with E-state index in [9.17, 15) is 4.79 Å². The second kappa shape index (κ2) is 6.90. The van der Waals surface area contributed by atoms with Gasteiger partial charge in [-0.05, 0) is 26.2 Å². The average Bonchev–Trinajstić information content (AvgIpc) is 3.05. The minimum atomic E-state index is -0.174. The molecular formula is C13H22N4O2S. The number of aromatic nitrogens is 1. The maximum atomic E-state index is 12.2. The molecule has 2 rings (SSSR count). The molecule has 2 unspecified atom stereocenters. The quantitative estimate of drug-likeness (QED) is 0.745. The highest BCUT2D eigenvalue weighted by Crippen LogP contribution is 2.25. The van der Waals surface area contributed by atoms with E-state index in [2.05, 4.69) is 22.5 Å². The Bertz CT molecular complexity index is 457. The molecule has 4 N–H and O–H groups in total. The number of amides is 1. The standard InChI is InChI=1S/C13H22N4O2S/c1-3-6-15-13-17-11(14)10(20-13)12(18)16-8(2)9-5-4-7-19-9/h8-9H,3-7,14H2,1-2H3,(H,15,17)(H,16,18). The van der Waals surface area contributed by atoms with Crippen LogP contribution in [0, 0.1) is 0 Å². The molecule has 0 spiro atoms. The number of nitrogen functional groups attached to an aromatic ring is 1. The minimum absolute atomic E-state index is 0.0152. The Kier molecular flexibility index (Phi) is 5.19. The van der Waals surface area contributed by atoms with Crippen molar-refractivity contribution in [3.05, 3.63) is 4.88 Å². The van der Waals surface area contributed by atoms with E-state index < -0.39 is 0 Å². The van der Waals surface area contributed by atoms with E-state index in [4.69, 9.17) is 10.5 Å². The van der Waals surface area contributed by atoms with Crippen LogP contribution in [-0.4, -0.2) is 36.2 Å². The number of carbonyl (C=O) groups is 1. The zero-order chi connectivity index (χ0) is 14.5. The van der Waals surface area contributed by atoms with Crippen molar-refractivity contribution in [2.75, 3.05) is 24.2 Å². The number of anilines is 2. The van der Waals surface area contributed by atoms with Gasteiger partial charge >= 0.3 is 0 Å². The predicted octanol–water partition coefficient (Wildman–Crippen LogP) is 1.84. The van der Waals surface area contributed by atoms with E-state index in [1.807, 2.05) is 6.92 Å². The van der Waals surface area contributed by atoms with Crippen LogP contribution in [-0.2, 0) is 4.74 Å². The lowest BCUT2D eigenvalue weighted by Crippen LogP contribution is -2.40. The summed E-state index contributed by atoms with van der Waals surface area (Å²) in [6.07, 6.45) is 3.14. The van der Waals surface area contributed by atoms with Gasteiger partial charge in [-0.25, -0.2) is 4.98 Å². The second-order valence-corrected chi connectivity index (χ2v) is 5.97. The number of hydrogen-bond donors (Lipinski definition) is 3. The number of rotatable bonds is 6. The molecule has 1 amide bonds. The first kappa shape index (κ1) is 15.1. The smallest absolute Gasteiger partial charge is 0.265 e. The molecule has 112 valence electrons. The highest BCUT2D eigenvalue weighted by molar-refractivity contribution is 7.18. The van der Waals surface area contributed by atoms with E-state index in [0.29, 0.717) is 10.0 Å². The van der Waals surface area contributed by atoms with Crippen molar-refractivity contribution in [3.63, 3.8) is 0 Å². The summed E-state index contributed by atoms with van der Waals surface area (Å²) in [4.78, 5) is 16.8. The molecule has 2 heterocycles. The molecule has 1 aliphatic rings. The first-order valence-electron chi connectivity index (χ1n) is 7.04. The zero-order valence-electron chi connectivity index (χ0n) is 11.9. The summed E-state index contributed by atoms with van der Waals surface area (Å²) < 4.78 is 5.57. The van der Waals surface area contributed by atoms with Gasteiger partial charge in [-0.3, -0.25) is 4.79 Å². The number of nitrogens with one attached hydrogen (secondary N) is 2. The molecule has 0 bridgehead atoms. The largest absolute Gasteiger partial charge is 0.382 e. The second-order valence-electron chi connectivity index (χ2n) is 4.97. The molecule has 1 aliphatic heterocycles. The fraction of sp³-hybridized carbons (Fsp3) is 0.692. The van der Waals surface area contributed by atoms with Gasteiger partial charge in [0, 0.05) is 13.2 Å². The van der Waals surface area contributed by atoms with Crippen LogP contribution in [0.5, 0.6) is 0 Å². The van der Waals surface area contributed by atoms with Crippen LogP contribution in [0.4, 0.5) is 10.9 Å². The Morgan fingerprint density at radius 2 is 2.45 bits per heavy atom. The lowest BCUT2D eigenvalue weighted by molar-refractivity contribution is 0.0715. The van der Waals surface area contributed by atoms with Crippen molar-refractivity contribution in [1.29, 1.82) is 0 Å². The van der Waals surface area contributed by atoms with Gasteiger partial charge in [-0.2, -0.15) is 0 Å². The van der Waals surface area contributed by atoms with Gasteiger partial charge in [0.2, 0.25) is 0 Å². The molecule has 0 aliphatic carbocycles. The van der Waals surface area contributed by atoms with Crippen LogP contribution in [0.1, 0.15) is 42.8 Å². The molecular weight excluding hydrogens is 276 g/mol.